The van der Waals surface area contributed by atoms with E-state index in [9.17, 15) is 19.5 Å². The van der Waals surface area contributed by atoms with Crippen molar-refractivity contribution in [1.29, 1.82) is 0 Å². The van der Waals surface area contributed by atoms with Gasteiger partial charge < -0.3 is 15.3 Å². The topological polar surface area (TPSA) is 86.7 Å². The molecule has 3 aliphatic heterocycles. The molecule has 1 saturated carbocycles. The van der Waals surface area contributed by atoms with Gasteiger partial charge >= 0.3 is 0 Å². The van der Waals surface area contributed by atoms with E-state index in [4.69, 9.17) is 0 Å². The second-order valence-electron chi connectivity index (χ2n) is 7.39. The lowest BCUT2D eigenvalue weighted by Gasteiger charge is -2.52. The smallest absolute Gasteiger partial charge is 0.254 e. The molecule has 2 fully saturated rings. The minimum atomic E-state index is -0.768. The number of nitrogens with zero attached hydrogens (tertiary/aromatic N) is 1. The van der Waals surface area contributed by atoms with Gasteiger partial charge in [0.2, 0.25) is 5.91 Å². The number of carbonyl (C=O) groups is 3. The fourth-order valence-electron chi connectivity index (χ4n) is 5.46. The SMILES string of the molecule is C[C@]12CC(=O)[C@H]3C(O)=CC(=O)N4c5ccccc5[C@@]1(CC(=O)N2)[C@H]34. The highest BCUT2D eigenvalue weighted by molar-refractivity contribution is 6.10. The van der Waals surface area contributed by atoms with Gasteiger partial charge in [-0.3, -0.25) is 14.4 Å². The summed E-state index contributed by atoms with van der Waals surface area (Å²) in [7, 11) is 0. The lowest BCUT2D eigenvalue weighted by atomic mass is 9.54. The van der Waals surface area contributed by atoms with E-state index in [-0.39, 0.29) is 36.2 Å². The van der Waals surface area contributed by atoms with Crippen molar-refractivity contribution in [2.24, 2.45) is 5.92 Å². The van der Waals surface area contributed by atoms with E-state index >= 15 is 0 Å². The van der Waals surface area contributed by atoms with E-state index in [2.05, 4.69) is 5.32 Å². The lowest BCUT2D eigenvalue weighted by Crippen LogP contribution is -2.69. The Labute approximate surface area is 138 Å². The van der Waals surface area contributed by atoms with E-state index in [1.807, 2.05) is 31.2 Å². The van der Waals surface area contributed by atoms with Gasteiger partial charge in [0.1, 0.15) is 11.5 Å². The first-order chi connectivity index (χ1) is 11.4. The lowest BCUT2D eigenvalue weighted by molar-refractivity contribution is -0.130. The summed E-state index contributed by atoms with van der Waals surface area (Å²) in [5.74, 6) is -1.55. The summed E-state index contributed by atoms with van der Waals surface area (Å²) in [5, 5.41) is 13.3. The Morgan fingerprint density at radius 1 is 1.21 bits per heavy atom. The highest BCUT2D eigenvalue weighted by Crippen LogP contribution is 2.62. The zero-order chi connectivity index (χ0) is 16.9. The zero-order valence-electron chi connectivity index (χ0n) is 13.1. The van der Waals surface area contributed by atoms with Crippen molar-refractivity contribution >= 4 is 23.3 Å². The first kappa shape index (κ1) is 13.8. The predicted octanol–water partition coefficient (Wildman–Crippen LogP) is 0.963. The van der Waals surface area contributed by atoms with E-state index in [0.29, 0.717) is 0 Å². The molecule has 2 amide bonds. The number of hydrogen-bond acceptors (Lipinski definition) is 4. The number of nitrogens with one attached hydrogen (secondary N) is 1. The molecule has 4 atom stereocenters. The van der Waals surface area contributed by atoms with Gasteiger partial charge in [0, 0.05) is 24.6 Å². The number of amides is 2. The molecule has 0 radical (unpaired) electrons. The van der Waals surface area contributed by atoms with Crippen molar-refractivity contribution < 1.29 is 19.5 Å². The van der Waals surface area contributed by atoms with E-state index in [1.54, 1.807) is 4.90 Å². The van der Waals surface area contributed by atoms with Crippen LogP contribution < -0.4 is 10.2 Å². The number of ketones is 1. The third kappa shape index (κ3) is 1.25. The maximum atomic E-state index is 12.8. The number of para-hydroxylation sites is 1. The Hall–Kier alpha value is -2.63. The number of Topliss-reactive ketones (excluding diaryl/α,β-unsaturated/α-hetero) is 1. The Bertz CT molecular complexity index is 876. The maximum absolute atomic E-state index is 12.8. The van der Waals surface area contributed by atoms with Crippen LogP contribution >= 0.6 is 0 Å². The molecule has 6 heteroatoms. The van der Waals surface area contributed by atoms with Crippen LogP contribution in [0.1, 0.15) is 25.3 Å². The van der Waals surface area contributed by atoms with Crippen LogP contribution in [0.15, 0.2) is 36.1 Å². The summed E-state index contributed by atoms with van der Waals surface area (Å²) < 4.78 is 0. The van der Waals surface area contributed by atoms with Crippen molar-refractivity contribution in [2.75, 3.05) is 4.90 Å². The molecular formula is C18H16N2O4. The van der Waals surface area contributed by atoms with Crippen LogP contribution in [0, 0.1) is 5.92 Å². The number of anilines is 1. The van der Waals surface area contributed by atoms with Gasteiger partial charge in [-0.1, -0.05) is 18.2 Å². The van der Waals surface area contributed by atoms with Crippen LogP contribution in [0.4, 0.5) is 5.69 Å². The van der Waals surface area contributed by atoms with Crippen molar-refractivity contribution in [1.82, 2.24) is 5.32 Å². The molecule has 1 spiro atoms. The molecule has 24 heavy (non-hydrogen) atoms. The molecule has 1 aromatic carbocycles. The molecule has 2 N–H and O–H groups in total. The summed E-state index contributed by atoms with van der Waals surface area (Å²) in [4.78, 5) is 39.4. The molecule has 122 valence electrons. The van der Waals surface area contributed by atoms with Gasteiger partial charge in [-0.15, -0.1) is 0 Å². The normalized spacial score (nSPS) is 39.1. The predicted molar refractivity (Wildman–Crippen MR) is 84.4 cm³/mol. The van der Waals surface area contributed by atoms with Gasteiger partial charge in [-0.25, -0.2) is 0 Å². The standard InChI is InChI=1S/C18H16N2O4/c1-17-7-12(22)15-11(21)6-14(24)20-10-5-3-2-4-9(10)18(17,16(15)20)8-13(23)19-17/h2-6,15-16,21H,7-8H2,1H3,(H,19,23)/t15-,16+,17+,18+/m1/s1. The molecule has 6 nitrogen and oxygen atoms in total. The van der Waals surface area contributed by atoms with Crippen LogP contribution in [0.25, 0.3) is 0 Å². The number of aliphatic hydroxyl groups excluding tert-OH is 1. The van der Waals surface area contributed by atoms with Gasteiger partial charge in [0.25, 0.3) is 5.91 Å². The van der Waals surface area contributed by atoms with Crippen molar-refractivity contribution in [2.45, 2.75) is 36.8 Å². The summed E-state index contributed by atoms with van der Waals surface area (Å²) >= 11 is 0. The van der Waals surface area contributed by atoms with Crippen LogP contribution in [0.3, 0.4) is 0 Å². The molecule has 3 heterocycles. The molecule has 1 aromatic rings. The van der Waals surface area contributed by atoms with Crippen molar-refractivity contribution in [3.8, 4) is 0 Å². The molecular weight excluding hydrogens is 308 g/mol. The Morgan fingerprint density at radius 2 is 1.96 bits per heavy atom. The van der Waals surface area contributed by atoms with Crippen LogP contribution in [-0.2, 0) is 19.8 Å². The molecule has 0 unspecified atom stereocenters. The monoisotopic (exact) mass is 324 g/mol. The fraction of sp³-hybridized carbons (Fsp3) is 0.389. The Balaban J connectivity index is 1.89. The number of carbonyl (C=O) groups excluding carboxylic acids is 3. The number of benzene rings is 1. The highest BCUT2D eigenvalue weighted by Gasteiger charge is 2.72. The molecule has 4 aliphatic rings. The first-order valence-electron chi connectivity index (χ1n) is 8.06. The van der Waals surface area contributed by atoms with Crippen LogP contribution in [-0.4, -0.2) is 34.3 Å². The zero-order valence-corrected chi connectivity index (χ0v) is 13.1. The highest BCUT2D eigenvalue weighted by atomic mass is 16.3. The summed E-state index contributed by atoms with van der Waals surface area (Å²) in [6.07, 6.45) is 1.50. The minimum absolute atomic E-state index is 0.121. The Kier molecular flexibility index (Phi) is 2.23. The Morgan fingerprint density at radius 3 is 2.75 bits per heavy atom. The van der Waals surface area contributed by atoms with E-state index in [1.165, 1.54) is 0 Å². The average molecular weight is 324 g/mol. The first-order valence-corrected chi connectivity index (χ1v) is 8.06. The van der Waals surface area contributed by atoms with Gasteiger partial charge in [-0.2, -0.15) is 0 Å². The molecule has 1 saturated heterocycles. The molecule has 5 rings (SSSR count). The quantitative estimate of drug-likeness (QED) is 0.744. The summed E-state index contributed by atoms with van der Waals surface area (Å²) in [6, 6.07) is 6.96. The van der Waals surface area contributed by atoms with Gasteiger partial charge in [-0.05, 0) is 18.6 Å². The molecule has 0 bridgehead atoms. The van der Waals surface area contributed by atoms with Crippen LogP contribution in [0.5, 0.6) is 0 Å². The number of hydrogen-bond donors (Lipinski definition) is 2. The van der Waals surface area contributed by atoms with Gasteiger partial charge in [0.05, 0.1) is 22.9 Å². The third-order valence-electron chi connectivity index (χ3n) is 6.28. The van der Waals surface area contributed by atoms with E-state index < -0.39 is 22.9 Å². The summed E-state index contributed by atoms with van der Waals surface area (Å²) in [5.41, 5.74) is 0.186. The second-order valence-corrected chi connectivity index (χ2v) is 7.39. The minimum Gasteiger partial charge on any atom is -0.511 e. The number of aliphatic hydroxyl groups is 1. The number of rotatable bonds is 0. The van der Waals surface area contributed by atoms with Crippen molar-refractivity contribution in [3.05, 3.63) is 41.7 Å². The maximum Gasteiger partial charge on any atom is 0.254 e. The molecule has 0 aromatic heterocycles. The third-order valence-corrected chi connectivity index (χ3v) is 6.28. The second kappa shape index (κ2) is 3.88. The molecule has 1 aliphatic carbocycles. The summed E-state index contributed by atoms with van der Waals surface area (Å²) in [6.45, 7) is 1.88. The number of fused-ring (bicyclic) bond motifs is 2. The van der Waals surface area contributed by atoms with Crippen LogP contribution in [0.2, 0.25) is 0 Å². The van der Waals surface area contributed by atoms with Gasteiger partial charge in [0.15, 0.2) is 0 Å². The largest absolute Gasteiger partial charge is 0.511 e. The fourth-order valence-corrected chi connectivity index (χ4v) is 5.46. The van der Waals surface area contributed by atoms with E-state index in [0.717, 1.165) is 17.3 Å². The average Bonchev–Trinajstić information content (AvgIpc) is 2.94. The van der Waals surface area contributed by atoms with Crippen molar-refractivity contribution in [3.63, 3.8) is 0 Å².